The molecule has 1 rings (SSSR count). The number of halogens is 1. The van der Waals surface area contributed by atoms with E-state index in [0.29, 0.717) is 26.0 Å². The molecule has 0 saturated carbocycles. The molecule has 172 valence electrons. The number of ketones is 1. The lowest BCUT2D eigenvalue weighted by molar-refractivity contribution is -0.245. The van der Waals surface area contributed by atoms with Crippen LogP contribution in [-0.2, 0) is 22.5 Å². The van der Waals surface area contributed by atoms with E-state index in [1.807, 2.05) is 55.4 Å². The molecule has 1 aliphatic heterocycles. The van der Waals surface area contributed by atoms with Crippen LogP contribution in [0, 0.1) is 5.92 Å². The quantitative estimate of drug-likeness (QED) is 0.223. The Labute approximate surface area is 191 Å². The first-order valence-corrected chi connectivity index (χ1v) is 11.6. The highest BCUT2D eigenvalue weighted by Gasteiger charge is 2.35. The summed E-state index contributed by atoms with van der Waals surface area (Å²) in [4.78, 5) is 31.5. The number of likely N-dealkylation sites (tertiary alicyclic amines) is 1. The van der Waals surface area contributed by atoms with E-state index >= 15 is 0 Å². The van der Waals surface area contributed by atoms with Crippen molar-refractivity contribution in [2.75, 3.05) is 13.2 Å². The van der Waals surface area contributed by atoms with Crippen LogP contribution in [0.5, 0.6) is 0 Å². The zero-order valence-electron chi connectivity index (χ0n) is 19.5. The van der Waals surface area contributed by atoms with Crippen molar-refractivity contribution in [1.29, 1.82) is 0 Å². The van der Waals surface area contributed by atoms with Crippen LogP contribution in [0.3, 0.4) is 0 Å². The van der Waals surface area contributed by atoms with Gasteiger partial charge < -0.3 is 9.64 Å². The molecule has 0 aromatic carbocycles. The van der Waals surface area contributed by atoms with Gasteiger partial charge in [0.15, 0.2) is 28.8 Å². The van der Waals surface area contributed by atoms with E-state index < -0.39 is 5.60 Å². The number of ether oxygens (including phenoxy) is 1. The van der Waals surface area contributed by atoms with Crippen LogP contribution in [0.4, 0.5) is 0 Å². The Morgan fingerprint density at radius 3 is 2.34 bits per heavy atom. The average molecular weight is 528 g/mol. The fourth-order valence-corrected chi connectivity index (χ4v) is 3.22. The van der Waals surface area contributed by atoms with Gasteiger partial charge in [0.1, 0.15) is 0 Å². The first-order chi connectivity index (χ1) is 13.5. The van der Waals surface area contributed by atoms with Crippen LogP contribution < -0.4 is 5.48 Å². The highest BCUT2D eigenvalue weighted by molar-refractivity contribution is 14.1. The largest absolute Gasteiger partial charge is 0.375 e. The van der Waals surface area contributed by atoms with E-state index in [0.717, 1.165) is 19.3 Å². The highest BCUT2D eigenvalue weighted by atomic mass is 127. The maximum atomic E-state index is 12.7. The number of amides is 1. The molecule has 1 amide bonds. The number of carbonyl (C=O) groups is 2. The number of nitrogens with zero attached hydrogens (tertiary/aromatic N) is 1. The second-order valence-corrected chi connectivity index (χ2v) is 9.15. The molecule has 1 saturated heterocycles. The summed E-state index contributed by atoms with van der Waals surface area (Å²) >= 11 is 1.65. The van der Waals surface area contributed by atoms with E-state index in [2.05, 4.69) is 8.70 Å². The Balaban J connectivity index is 0.00000379. The molecule has 7 nitrogen and oxygen atoms in total. The van der Waals surface area contributed by atoms with E-state index in [1.54, 1.807) is 27.9 Å². The van der Waals surface area contributed by atoms with E-state index in [-0.39, 0.29) is 29.2 Å². The number of hydroxylamine groups is 1. The highest BCUT2D eigenvalue weighted by Crippen LogP contribution is 2.25. The molecular weight excluding hydrogens is 487 g/mol. The summed E-state index contributed by atoms with van der Waals surface area (Å²) < 4.78 is 10.5. The lowest BCUT2D eigenvalue weighted by Gasteiger charge is -2.30. The summed E-state index contributed by atoms with van der Waals surface area (Å²) in [5.74, 6) is 0.184. The molecule has 0 bridgehead atoms. The summed E-state index contributed by atoms with van der Waals surface area (Å²) in [6.45, 7) is 17.0. The summed E-state index contributed by atoms with van der Waals surface area (Å²) in [7, 11) is 0. The minimum absolute atomic E-state index is 0.0401. The van der Waals surface area contributed by atoms with E-state index in [4.69, 9.17) is 9.73 Å². The van der Waals surface area contributed by atoms with Crippen LogP contribution in [0.15, 0.2) is 0 Å². The number of rotatable bonds is 12. The number of nitrogens with one attached hydrogen (secondary N) is 1. The standard InChI is InChI=1S/C19H35IN2O5.C2H6/c1-14(2)17(24)15-8-7-12-22(15)16(23)9-10-19(5,6)25-13-11-18(3,4)21-27-26-20;1-2/h14-15,21H,7-13H2,1-6H3;1-2H3. The van der Waals surface area contributed by atoms with Crippen molar-refractivity contribution in [2.45, 2.75) is 105 Å². The molecule has 1 unspecified atom stereocenters. The minimum Gasteiger partial charge on any atom is -0.375 e. The third kappa shape index (κ3) is 11.1. The Hall–Kier alpha value is -0.290. The lowest BCUT2D eigenvalue weighted by atomic mass is 9.98. The number of hydrogen-bond acceptors (Lipinski definition) is 6. The molecule has 0 aliphatic carbocycles. The summed E-state index contributed by atoms with van der Waals surface area (Å²) in [5, 5.41) is 0. The smallest absolute Gasteiger partial charge is 0.223 e. The number of hydrogen-bond donors (Lipinski definition) is 1. The number of Topliss-reactive ketones (excluding diaryl/α,β-unsaturated/α-hetero) is 1. The molecule has 8 heteroatoms. The molecule has 0 radical (unpaired) electrons. The third-order valence-corrected chi connectivity index (χ3v) is 5.16. The van der Waals surface area contributed by atoms with Crippen molar-refractivity contribution in [2.24, 2.45) is 5.92 Å². The van der Waals surface area contributed by atoms with Crippen LogP contribution in [0.1, 0.15) is 87.5 Å². The predicted octanol–water partition coefficient (Wildman–Crippen LogP) is 4.78. The van der Waals surface area contributed by atoms with Crippen molar-refractivity contribution in [3.8, 4) is 0 Å². The van der Waals surface area contributed by atoms with Gasteiger partial charge in [-0.1, -0.05) is 27.7 Å². The van der Waals surface area contributed by atoms with Crippen LogP contribution in [-0.4, -0.2) is 46.9 Å². The Morgan fingerprint density at radius 2 is 1.79 bits per heavy atom. The van der Waals surface area contributed by atoms with Gasteiger partial charge in [-0.15, -0.1) is 8.21 Å². The fourth-order valence-electron chi connectivity index (χ4n) is 3.13. The molecule has 0 aromatic heterocycles. The minimum atomic E-state index is -0.413. The first-order valence-electron chi connectivity index (χ1n) is 10.7. The zero-order chi connectivity index (χ0) is 22.7. The Morgan fingerprint density at radius 1 is 1.17 bits per heavy atom. The normalized spacial score (nSPS) is 17.3. The van der Waals surface area contributed by atoms with Crippen molar-refractivity contribution >= 4 is 34.7 Å². The molecule has 1 heterocycles. The van der Waals surface area contributed by atoms with E-state index in [1.165, 1.54) is 0 Å². The second-order valence-electron chi connectivity index (χ2n) is 8.79. The maximum Gasteiger partial charge on any atom is 0.223 e. The molecule has 1 aliphatic rings. The summed E-state index contributed by atoms with van der Waals surface area (Å²) in [5.41, 5.74) is 2.10. The molecule has 29 heavy (non-hydrogen) atoms. The lowest BCUT2D eigenvalue weighted by Crippen LogP contribution is -2.43. The zero-order valence-corrected chi connectivity index (χ0v) is 21.6. The van der Waals surface area contributed by atoms with Crippen molar-refractivity contribution in [1.82, 2.24) is 10.4 Å². The van der Waals surface area contributed by atoms with Gasteiger partial charge >= 0.3 is 0 Å². The van der Waals surface area contributed by atoms with Crippen LogP contribution >= 0.6 is 23.0 Å². The topological polar surface area (TPSA) is 77.1 Å². The SMILES string of the molecule is CC.CC(C)C(=O)C1CCCN1C(=O)CCC(C)(C)OCCC(C)(C)NOOI. The average Bonchev–Trinajstić information content (AvgIpc) is 3.15. The van der Waals surface area contributed by atoms with Gasteiger partial charge in [0.05, 0.1) is 11.6 Å². The third-order valence-electron chi connectivity index (χ3n) is 4.98. The molecule has 1 N–H and O–H groups in total. The van der Waals surface area contributed by atoms with Gasteiger partial charge in [0.2, 0.25) is 5.91 Å². The monoisotopic (exact) mass is 528 g/mol. The first kappa shape index (κ1) is 28.7. The van der Waals surface area contributed by atoms with Crippen LogP contribution in [0.2, 0.25) is 0 Å². The van der Waals surface area contributed by atoms with Crippen molar-refractivity contribution in [3.05, 3.63) is 0 Å². The van der Waals surface area contributed by atoms with Crippen molar-refractivity contribution in [3.63, 3.8) is 0 Å². The number of carbonyl (C=O) groups excluding carboxylic acids is 2. The Kier molecular flexibility index (Phi) is 13.8. The van der Waals surface area contributed by atoms with Gasteiger partial charge in [-0.2, -0.15) is 5.48 Å². The molecule has 1 atom stereocenters. The van der Waals surface area contributed by atoms with Gasteiger partial charge in [0, 0.05) is 31.0 Å². The van der Waals surface area contributed by atoms with Crippen molar-refractivity contribution < 1.29 is 22.5 Å². The van der Waals surface area contributed by atoms with Gasteiger partial charge in [-0.3, -0.25) is 9.59 Å². The van der Waals surface area contributed by atoms with Crippen LogP contribution in [0.25, 0.3) is 0 Å². The molecule has 0 spiro atoms. The fraction of sp³-hybridized carbons (Fsp3) is 0.905. The second kappa shape index (κ2) is 13.9. The molecule has 1 fully saturated rings. The van der Waals surface area contributed by atoms with Gasteiger partial charge in [-0.05, 0) is 53.4 Å². The molecule has 0 aromatic rings. The van der Waals surface area contributed by atoms with E-state index in [9.17, 15) is 9.59 Å². The predicted molar refractivity (Wildman–Crippen MR) is 123 cm³/mol. The maximum absolute atomic E-state index is 12.7. The summed E-state index contributed by atoms with van der Waals surface area (Å²) in [6.07, 6.45) is 3.42. The van der Waals surface area contributed by atoms with Gasteiger partial charge in [0.25, 0.3) is 0 Å². The Bertz CT molecular complexity index is 497. The summed E-state index contributed by atoms with van der Waals surface area (Å²) in [6, 6.07) is -0.242. The molecular formula is C21H41IN2O5. The van der Waals surface area contributed by atoms with Gasteiger partial charge in [-0.25, -0.2) is 0 Å².